The number of sulfone groups is 1. The third kappa shape index (κ3) is 3.41. The molecular formula is C14H22N2O2S. The van der Waals surface area contributed by atoms with Gasteiger partial charge in [-0.2, -0.15) is 0 Å². The van der Waals surface area contributed by atoms with E-state index < -0.39 is 9.84 Å². The zero-order valence-corrected chi connectivity index (χ0v) is 12.3. The van der Waals surface area contributed by atoms with Crippen LogP contribution < -0.4 is 11.1 Å². The first-order chi connectivity index (χ1) is 8.88. The molecule has 0 heterocycles. The van der Waals surface area contributed by atoms with E-state index in [4.69, 9.17) is 5.73 Å². The Labute approximate surface area is 115 Å². The molecule has 0 saturated heterocycles. The van der Waals surface area contributed by atoms with Gasteiger partial charge in [0.2, 0.25) is 0 Å². The molecule has 0 amide bonds. The Morgan fingerprint density at radius 2 is 1.95 bits per heavy atom. The summed E-state index contributed by atoms with van der Waals surface area (Å²) in [5.74, 6) is 0.628. The van der Waals surface area contributed by atoms with E-state index in [1.807, 2.05) is 0 Å². The number of hydrogen-bond acceptors (Lipinski definition) is 4. The van der Waals surface area contributed by atoms with Crippen molar-refractivity contribution in [2.24, 2.45) is 5.92 Å². The van der Waals surface area contributed by atoms with Gasteiger partial charge in [-0.15, -0.1) is 0 Å². The molecule has 2 unspecified atom stereocenters. The number of anilines is 2. The van der Waals surface area contributed by atoms with Gasteiger partial charge in [0.05, 0.1) is 16.3 Å². The third-order valence-corrected chi connectivity index (χ3v) is 5.01. The molecule has 4 nitrogen and oxygen atoms in total. The molecule has 106 valence electrons. The molecule has 3 N–H and O–H groups in total. The summed E-state index contributed by atoms with van der Waals surface area (Å²) in [6, 6.07) is 5.35. The van der Waals surface area contributed by atoms with Crippen LogP contribution in [0.1, 0.15) is 32.6 Å². The van der Waals surface area contributed by atoms with Gasteiger partial charge in [-0.25, -0.2) is 8.42 Å². The SMILES string of the molecule is CC1CCCCC1Nc1ccc(S(C)(=O)=O)cc1N. The molecule has 1 aromatic carbocycles. The second-order valence-corrected chi connectivity index (χ2v) is 7.55. The second-order valence-electron chi connectivity index (χ2n) is 5.53. The van der Waals surface area contributed by atoms with Crippen LogP contribution in [-0.2, 0) is 9.84 Å². The first-order valence-electron chi connectivity index (χ1n) is 6.74. The monoisotopic (exact) mass is 282 g/mol. The summed E-state index contributed by atoms with van der Waals surface area (Å²) in [4.78, 5) is 0.271. The van der Waals surface area contributed by atoms with E-state index in [9.17, 15) is 8.42 Å². The van der Waals surface area contributed by atoms with Crippen molar-refractivity contribution in [1.29, 1.82) is 0 Å². The van der Waals surface area contributed by atoms with Crippen LogP contribution >= 0.6 is 0 Å². The molecule has 2 atom stereocenters. The lowest BCUT2D eigenvalue weighted by molar-refractivity contribution is 0.349. The largest absolute Gasteiger partial charge is 0.397 e. The average Bonchev–Trinajstić information content (AvgIpc) is 2.33. The van der Waals surface area contributed by atoms with E-state index >= 15 is 0 Å². The fourth-order valence-electron chi connectivity index (χ4n) is 2.63. The van der Waals surface area contributed by atoms with Gasteiger partial charge in [0.25, 0.3) is 0 Å². The normalized spacial score (nSPS) is 24.1. The highest BCUT2D eigenvalue weighted by Gasteiger charge is 2.21. The smallest absolute Gasteiger partial charge is 0.175 e. The van der Waals surface area contributed by atoms with E-state index in [2.05, 4.69) is 12.2 Å². The third-order valence-electron chi connectivity index (χ3n) is 3.90. The summed E-state index contributed by atoms with van der Waals surface area (Å²) in [5, 5.41) is 3.46. The highest BCUT2D eigenvalue weighted by Crippen LogP contribution is 2.29. The highest BCUT2D eigenvalue weighted by molar-refractivity contribution is 7.90. The lowest BCUT2D eigenvalue weighted by Gasteiger charge is -2.30. The van der Waals surface area contributed by atoms with Gasteiger partial charge in [-0.1, -0.05) is 19.8 Å². The van der Waals surface area contributed by atoms with Gasteiger partial charge in [0, 0.05) is 12.3 Å². The lowest BCUT2D eigenvalue weighted by atomic mass is 9.86. The first-order valence-corrected chi connectivity index (χ1v) is 8.63. The minimum atomic E-state index is -3.19. The van der Waals surface area contributed by atoms with E-state index in [1.165, 1.54) is 31.6 Å². The van der Waals surface area contributed by atoms with Gasteiger partial charge in [-0.05, 0) is 37.0 Å². The molecule has 1 fully saturated rings. The number of hydrogen-bond donors (Lipinski definition) is 2. The summed E-state index contributed by atoms with van der Waals surface area (Å²) in [6.45, 7) is 2.25. The van der Waals surface area contributed by atoms with Gasteiger partial charge in [-0.3, -0.25) is 0 Å². The Kier molecular flexibility index (Phi) is 4.04. The standard InChI is InChI=1S/C14H22N2O2S/c1-10-5-3-4-6-13(10)16-14-8-7-11(9-12(14)15)19(2,17)18/h7-10,13,16H,3-6,15H2,1-2H3. The molecule has 0 aliphatic heterocycles. The number of nitrogens with two attached hydrogens (primary N) is 1. The summed E-state index contributed by atoms with van der Waals surface area (Å²) in [7, 11) is -3.19. The Morgan fingerprint density at radius 3 is 2.53 bits per heavy atom. The molecular weight excluding hydrogens is 260 g/mol. The van der Waals surface area contributed by atoms with Crippen LogP contribution in [0.15, 0.2) is 23.1 Å². The lowest BCUT2D eigenvalue weighted by Crippen LogP contribution is -2.30. The number of nitrogen functional groups attached to an aromatic ring is 1. The topological polar surface area (TPSA) is 72.2 Å². The maximum Gasteiger partial charge on any atom is 0.175 e. The Balaban J connectivity index is 2.17. The molecule has 0 spiro atoms. The highest BCUT2D eigenvalue weighted by atomic mass is 32.2. The van der Waals surface area contributed by atoms with Crippen molar-refractivity contribution >= 4 is 21.2 Å². The fraction of sp³-hybridized carbons (Fsp3) is 0.571. The maximum absolute atomic E-state index is 11.5. The minimum absolute atomic E-state index is 0.271. The predicted molar refractivity (Wildman–Crippen MR) is 79.0 cm³/mol. The van der Waals surface area contributed by atoms with Crippen LogP contribution in [0, 0.1) is 5.92 Å². The van der Waals surface area contributed by atoms with E-state index in [1.54, 1.807) is 12.1 Å². The molecule has 0 bridgehead atoms. The summed E-state index contributed by atoms with van der Waals surface area (Å²) in [6.07, 6.45) is 6.11. The van der Waals surface area contributed by atoms with Crippen molar-refractivity contribution in [3.05, 3.63) is 18.2 Å². The molecule has 1 aromatic rings. The summed E-state index contributed by atoms with van der Waals surface area (Å²) < 4.78 is 22.9. The zero-order chi connectivity index (χ0) is 14.0. The van der Waals surface area contributed by atoms with Gasteiger partial charge < -0.3 is 11.1 Å². The summed E-state index contributed by atoms with van der Waals surface area (Å²) in [5.41, 5.74) is 7.29. The molecule has 5 heteroatoms. The maximum atomic E-state index is 11.5. The molecule has 1 aliphatic carbocycles. The van der Waals surface area contributed by atoms with Crippen LogP contribution in [0.25, 0.3) is 0 Å². The molecule has 1 aliphatic rings. The van der Waals surface area contributed by atoms with E-state index in [-0.39, 0.29) is 4.90 Å². The van der Waals surface area contributed by atoms with Gasteiger partial charge in [0.1, 0.15) is 0 Å². The minimum Gasteiger partial charge on any atom is -0.397 e. The van der Waals surface area contributed by atoms with E-state index in [0.717, 1.165) is 12.1 Å². The van der Waals surface area contributed by atoms with Crippen molar-refractivity contribution in [2.45, 2.75) is 43.5 Å². The van der Waals surface area contributed by atoms with Gasteiger partial charge in [0.15, 0.2) is 9.84 Å². The zero-order valence-electron chi connectivity index (χ0n) is 11.5. The molecule has 2 rings (SSSR count). The Hall–Kier alpha value is -1.23. The van der Waals surface area contributed by atoms with Crippen molar-refractivity contribution in [1.82, 2.24) is 0 Å². The summed E-state index contributed by atoms with van der Waals surface area (Å²) >= 11 is 0. The fourth-order valence-corrected chi connectivity index (χ4v) is 3.29. The Bertz CT molecular complexity index is 555. The van der Waals surface area contributed by atoms with Crippen LogP contribution in [-0.4, -0.2) is 20.7 Å². The molecule has 19 heavy (non-hydrogen) atoms. The quantitative estimate of drug-likeness (QED) is 0.836. The molecule has 0 radical (unpaired) electrons. The molecule has 1 saturated carbocycles. The van der Waals surface area contributed by atoms with Crippen molar-refractivity contribution in [2.75, 3.05) is 17.3 Å². The van der Waals surface area contributed by atoms with Crippen LogP contribution in [0.4, 0.5) is 11.4 Å². The van der Waals surface area contributed by atoms with Crippen molar-refractivity contribution < 1.29 is 8.42 Å². The number of rotatable bonds is 3. The van der Waals surface area contributed by atoms with E-state index in [0.29, 0.717) is 17.6 Å². The van der Waals surface area contributed by atoms with Crippen LogP contribution in [0.5, 0.6) is 0 Å². The van der Waals surface area contributed by atoms with Gasteiger partial charge >= 0.3 is 0 Å². The first kappa shape index (κ1) is 14.2. The second kappa shape index (κ2) is 5.41. The average molecular weight is 282 g/mol. The Morgan fingerprint density at radius 1 is 1.26 bits per heavy atom. The predicted octanol–water partition coefficient (Wildman–Crippen LogP) is 2.66. The van der Waals surface area contributed by atoms with Crippen LogP contribution in [0.3, 0.4) is 0 Å². The van der Waals surface area contributed by atoms with Crippen molar-refractivity contribution in [3.63, 3.8) is 0 Å². The number of benzene rings is 1. The van der Waals surface area contributed by atoms with Crippen molar-refractivity contribution in [3.8, 4) is 0 Å². The molecule has 0 aromatic heterocycles. The number of nitrogens with one attached hydrogen (secondary N) is 1. The van der Waals surface area contributed by atoms with Crippen LogP contribution in [0.2, 0.25) is 0 Å².